The third-order valence-corrected chi connectivity index (χ3v) is 7.36. The first-order chi connectivity index (χ1) is 14.5. The van der Waals surface area contributed by atoms with Gasteiger partial charge in [0, 0.05) is 53.7 Å². The van der Waals surface area contributed by atoms with E-state index in [1.165, 1.54) is 6.42 Å². The normalized spacial score (nSPS) is 22.3. The van der Waals surface area contributed by atoms with Crippen LogP contribution in [0.25, 0.3) is 0 Å². The molecule has 1 aromatic carbocycles. The Morgan fingerprint density at radius 1 is 0.733 bits per heavy atom. The highest BCUT2D eigenvalue weighted by atomic mass is 35.5. The van der Waals surface area contributed by atoms with E-state index < -0.39 is 0 Å². The molecule has 0 atom stereocenters. The van der Waals surface area contributed by atoms with Gasteiger partial charge in [-0.25, -0.2) is 0 Å². The number of benzene rings is 1. The van der Waals surface area contributed by atoms with Gasteiger partial charge in [-0.2, -0.15) is 0 Å². The minimum atomic E-state index is 0.00341. The standard InChI is InChI=1S/C23H31Cl2N3O2/c24-19-14-18(15-20(25)16-19)23(30)28-12-6-21(7-13-28)26-10-4-17(5-11-26)22(29)27-8-2-1-3-9-27/h14-17,21H,1-13H2. The smallest absolute Gasteiger partial charge is 0.253 e. The molecular weight excluding hydrogens is 421 g/mol. The lowest BCUT2D eigenvalue weighted by Gasteiger charge is -2.42. The Morgan fingerprint density at radius 2 is 1.33 bits per heavy atom. The first-order valence-electron chi connectivity index (χ1n) is 11.3. The summed E-state index contributed by atoms with van der Waals surface area (Å²) in [6, 6.07) is 5.52. The molecule has 0 radical (unpaired) electrons. The van der Waals surface area contributed by atoms with Crippen molar-refractivity contribution in [1.29, 1.82) is 0 Å². The molecule has 0 aromatic heterocycles. The van der Waals surface area contributed by atoms with E-state index in [1.807, 2.05) is 4.90 Å². The summed E-state index contributed by atoms with van der Waals surface area (Å²) in [5.74, 6) is 0.590. The molecule has 30 heavy (non-hydrogen) atoms. The van der Waals surface area contributed by atoms with Crippen molar-refractivity contribution in [3.63, 3.8) is 0 Å². The number of amides is 2. The van der Waals surface area contributed by atoms with Crippen molar-refractivity contribution >= 4 is 35.0 Å². The van der Waals surface area contributed by atoms with Crippen LogP contribution in [0.1, 0.15) is 55.3 Å². The van der Waals surface area contributed by atoms with Crippen LogP contribution in [-0.2, 0) is 4.79 Å². The Balaban J connectivity index is 1.25. The summed E-state index contributed by atoms with van der Waals surface area (Å²) in [5, 5.41) is 0.977. The van der Waals surface area contributed by atoms with Gasteiger partial charge in [-0.1, -0.05) is 23.2 Å². The molecule has 2 amide bonds. The minimum Gasteiger partial charge on any atom is -0.342 e. The Morgan fingerprint density at radius 3 is 1.93 bits per heavy atom. The molecule has 3 aliphatic heterocycles. The lowest BCUT2D eigenvalue weighted by atomic mass is 9.91. The second-order valence-electron chi connectivity index (χ2n) is 8.88. The Kier molecular flexibility index (Phi) is 7.22. The monoisotopic (exact) mass is 451 g/mol. The van der Waals surface area contributed by atoms with Gasteiger partial charge >= 0.3 is 0 Å². The van der Waals surface area contributed by atoms with E-state index >= 15 is 0 Å². The molecular formula is C23H31Cl2N3O2. The molecule has 3 aliphatic rings. The fraction of sp³-hybridized carbons (Fsp3) is 0.652. The van der Waals surface area contributed by atoms with Gasteiger partial charge in [0.05, 0.1) is 0 Å². The van der Waals surface area contributed by atoms with Crippen LogP contribution < -0.4 is 0 Å². The molecule has 3 saturated heterocycles. The van der Waals surface area contributed by atoms with E-state index in [4.69, 9.17) is 23.2 Å². The average molecular weight is 452 g/mol. The molecule has 0 N–H and O–H groups in total. The molecule has 0 spiro atoms. The van der Waals surface area contributed by atoms with Gasteiger partial charge in [-0.15, -0.1) is 0 Å². The number of halogens is 2. The maximum absolute atomic E-state index is 12.8. The van der Waals surface area contributed by atoms with Crippen LogP contribution in [0.3, 0.4) is 0 Å². The molecule has 1 aromatic rings. The van der Waals surface area contributed by atoms with E-state index in [1.54, 1.807) is 18.2 Å². The van der Waals surface area contributed by atoms with E-state index in [0.29, 0.717) is 27.6 Å². The zero-order chi connectivity index (χ0) is 21.1. The molecule has 7 heteroatoms. The number of piperidine rings is 3. The Hall–Kier alpha value is -1.30. The molecule has 3 fully saturated rings. The fourth-order valence-electron chi connectivity index (χ4n) is 5.18. The van der Waals surface area contributed by atoms with Gasteiger partial charge in [0.25, 0.3) is 5.91 Å². The second kappa shape index (κ2) is 9.88. The van der Waals surface area contributed by atoms with Gasteiger partial charge < -0.3 is 14.7 Å². The number of hydrogen-bond donors (Lipinski definition) is 0. The van der Waals surface area contributed by atoms with Gasteiger partial charge in [0.15, 0.2) is 0 Å². The van der Waals surface area contributed by atoms with E-state index in [2.05, 4.69) is 9.80 Å². The molecule has 0 bridgehead atoms. The highest BCUT2D eigenvalue weighted by molar-refractivity contribution is 6.35. The molecule has 164 valence electrons. The molecule has 0 saturated carbocycles. The van der Waals surface area contributed by atoms with Crippen molar-refractivity contribution < 1.29 is 9.59 Å². The largest absolute Gasteiger partial charge is 0.342 e. The number of likely N-dealkylation sites (tertiary alicyclic amines) is 3. The van der Waals surface area contributed by atoms with E-state index in [9.17, 15) is 9.59 Å². The van der Waals surface area contributed by atoms with Crippen molar-refractivity contribution in [1.82, 2.24) is 14.7 Å². The highest BCUT2D eigenvalue weighted by Gasteiger charge is 2.33. The van der Waals surface area contributed by atoms with Crippen LogP contribution in [-0.4, -0.2) is 71.8 Å². The summed E-state index contributed by atoms with van der Waals surface area (Å²) < 4.78 is 0. The molecule has 3 heterocycles. The van der Waals surface area contributed by atoms with Gasteiger partial charge in [0.2, 0.25) is 5.91 Å². The Labute approximate surface area is 189 Å². The average Bonchev–Trinajstić information content (AvgIpc) is 2.78. The summed E-state index contributed by atoms with van der Waals surface area (Å²) in [5.41, 5.74) is 0.558. The molecule has 0 aliphatic carbocycles. The van der Waals surface area contributed by atoms with Crippen LogP contribution in [0.5, 0.6) is 0 Å². The van der Waals surface area contributed by atoms with Crippen molar-refractivity contribution in [2.45, 2.75) is 51.0 Å². The van der Waals surface area contributed by atoms with Crippen molar-refractivity contribution in [3.05, 3.63) is 33.8 Å². The van der Waals surface area contributed by atoms with Crippen molar-refractivity contribution in [2.24, 2.45) is 5.92 Å². The predicted molar refractivity (Wildman–Crippen MR) is 120 cm³/mol. The summed E-state index contributed by atoms with van der Waals surface area (Å²) in [7, 11) is 0. The first-order valence-corrected chi connectivity index (χ1v) is 12.0. The number of carbonyl (C=O) groups excluding carboxylic acids is 2. The van der Waals surface area contributed by atoms with Gasteiger partial charge in [0.1, 0.15) is 0 Å². The van der Waals surface area contributed by atoms with Crippen LogP contribution >= 0.6 is 23.2 Å². The molecule has 0 unspecified atom stereocenters. The zero-order valence-electron chi connectivity index (χ0n) is 17.5. The quantitative estimate of drug-likeness (QED) is 0.686. The number of hydrogen-bond acceptors (Lipinski definition) is 3. The zero-order valence-corrected chi connectivity index (χ0v) is 19.0. The topological polar surface area (TPSA) is 43.9 Å². The van der Waals surface area contributed by atoms with Crippen LogP contribution in [0.4, 0.5) is 0 Å². The second-order valence-corrected chi connectivity index (χ2v) is 9.75. The summed E-state index contributed by atoms with van der Waals surface area (Å²) in [4.78, 5) is 32.1. The van der Waals surface area contributed by atoms with Crippen molar-refractivity contribution in [2.75, 3.05) is 39.3 Å². The van der Waals surface area contributed by atoms with E-state index in [0.717, 1.165) is 77.8 Å². The third-order valence-electron chi connectivity index (χ3n) is 6.92. The highest BCUT2D eigenvalue weighted by Crippen LogP contribution is 2.27. The Bertz CT molecular complexity index is 745. The minimum absolute atomic E-state index is 0.00341. The fourth-order valence-corrected chi connectivity index (χ4v) is 5.70. The first kappa shape index (κ1) is 21.9. The van der Waals surface area contributed by atoms with Crippen LogP contribution in [0.15, 0.2) is 18.2 Å². The third kappa shape index (κ3) is 5.12. The van der Waals surface area contributed by atoms with Gasteiger partial charge in [-0.3, -0.25) is 9.59 Å². The summed E-state index contributed by atoms with van der Waals surface area (Å²) in [6.45, 7) is 5.38. The van der Waals surface area contributed by atoms with Gasteiger partial charge in [-0.05, 0) is 76.2 Å². The van der Waals surface area contributed by atoms with Crippen LogP contribution in [0.2, 0.25) is 10.0 Å². The number of carbonyl (C=O) groups is 2. The maximum Gasteiger partial charge on any atom is 0.253 e. The van der Waals surface area contributed by atoms with Crippen molar-refractivity contribution in [3.8, 4) is 0 Å². The van der Waals surface area contributed by atoms with Crippen LogP contribution in [0, 0.1) is 5.92 Å². The van der Waals surface area contributed by atoms with E-state index in [-0.39, 0.29) is 11.8 Å². The number of nitrogens with zero attached hydrogens (tertiary/aromatic N) is 3. The molecule has 5 nitrogen and oxygen atoms in total. The lowest BCUT2D eigenvalue weighted by molar-refractivity contribution is -0.138. The predicted octanol–water partition coefficient (Wildman–Crippen LogP) is 4.32. The maximum atomic E-state index is 12.8. The molecule has 4 rings (SSSR count). The summed E-state index contributed by atoms with van der Waals surface area (Å²) >= 11 is 12.1. The lowest BCUT2D eigenvalue weighted by Crippen LogP contribution is -2.50. The number of rotatable bonds is 3. The summed E-state index contributed by atoms with van der Waals surface area (Å²) in [6.07, 6.45) is 7.46. The SMILES string of the molecule is O=C(c1cc(Cl)cc(Cl)c1)N1CCC(N2CCC(C(=O)N3CCCCC3)CC2)CC1.